The van der Waals surface area contributed by atoms with Gasteiger partial charge in [0.1, 0.15) is 5.75 Å². The Hall–Kier alpha value is -1.55. The summed E-state index contributed by atoms with van der Waals surface area (Å²) in [4.78, 5) is 13.2. The molecule has 2 N–H and O–H groups in total. The molecule has 0 amide bonds. The van der Waals surface area contributed by atoms with Gasteiger partial charge >= 0.3 is 5.97 Å². The molecule has 4 nitrogen and oxygen atoms in total. The molecule has 2 rings (SSSR count). The second-order valence-electron chi connectivity index (χ2n) is 6.60. The lowest BCUT2D eigenvalue weighted by Gasteiger charge is -2.30. The van der Waals surface area contributed by atoms with E-state index in [-0.39, 0.29) is 12.6 Å². The Morgan fingerprint density at radius 1 is 1.38 bits per heavy atom. The third kappa shape index (κ3) is 3.21. The molecule has 0 aromatic heterocycles. The summed E-state index contributed by atoms with van der Waals surface area (Å²) in [6.45, 7) is 9.12. The maximum absolute atomic E-state index is 11.2. The van der Waals surface area contributed by atoms with Crippen molar-refractivity contribution in [1.82, 2.24) is 4.90 Å². The molecule has 1 aliphatic carbocycles. The summed E-state index contributed by atoms with van der Waals surface area (Å²) >= 11 is 0. The molecule has 1 aliphatic rings. The predicted molar refractivity (Wildman–Crippen MR) is 82.7 cm³/mol. The topological polar surface area (TPSA) is 60.8 Å². The van der Waals surface area contributed by atoms with Gasteiger partial charge in [-0.2, -0.15) is 0 Å². The third-order valence-electron chi connectivity index (χ3n) is 4.26. The standard InChI is InChI=1S/C17H25NO3/c1-10(2)8-18(9-15(20)21)13-7-12(4)16-11(3)5-6-14(19)17(13)16/h5-6,10,12-13,19H,7-9H2,1-4H3,(H,20,21). The number of aromatic hydroxyl groups is 1. The summed E-state index contributed by atoms with van der Waals surface area (Å²) in [6, 6.07) is 3.67. The molecule has 0 spiro atoms. The van der Waals surface area contributed by atoms with Crippen molar-refractivity contribution < 1.29 is 15.0 Å². The van der Waals surface area contributed by atoms with Crippen molar-refractivity contribution in [2.24, 2.45) is 5.92 Å². The van der Waals surface area contributed by atoms with Crippen molar-refractivity contribution in [2.45, 2.75) is 46.1 Å². The van der Waals surface area contributed by atoms with Crippen LogP contribution in [0.15, 0.2) is 12.1 Å². The first kappa shape index (κ1) is 15.8. The minimum absolute atomic E-state index is 0.00611. The minimum Gasteiger partial charge on any atom is -0.508 e. The van der Waals surface area contributed by atoms with E-state index in [0.717, 1.165) is 18.5 Å². The Bertz CT molecular complexity index is 539. The van der Waals surface area contributed by atoms with Crippen molar-refractivity contribution in [2.75, 3.05) is 13.1 Å². The number of aliphatic carboxylic acids is 1. The van der Waals surface area contributed by atoms with Crippen LogP contribution < -0.4 is 0 Å². The van der Waals surface area contributed by atoms with E-state index in [9.17, 15) is 15.0 Å². The van der Waals surface area contributed by atoms with Crippen LogP contribution in [0.5, 0.6) is 5.75 Å². The van der Waals surface area contributed by atoms with E-state index in [0.29, 0.717) is 17.6 Å². The highest BCUT2D eigenvalue weighted by Crippen LogP contribution is 2.48. The molecule has 0 heterocycles. The lowest BCUT2D eigenvalue weighted by atomic mass is 9.97. The summed E-state index contributed by atoms with van der Waals surface area (Å²) in [5.74, 6) is 0.212. The maximum atomic E-state index is 11.2. The first-order chi connectivity index (χ1) is 9.81. The van der Waals surface area contributed by atoms with Gasteiger partial charge in [0.2, 0.25) is 0 Å². The fraction of sp³-hybridized carbons (Fsp3) is 0.588. The van der Waals surface area contributed by atoms with E-state index in [2.05, 4.69) is 27.7 Å². The molecule has 116 valence electrons. The van der Waals surface area contributed by atoms with Crippen LogP contribution in [0.2, 0.25) is 0 Å². The molecule has 1 aromatic carbocycles. The molecular formula is C17H25NO3. The van der Waals surface area contributed by atoms with Crippen molar-refractivity contribution in [3.8, 4) is 5.75 Å². The number of nitrogens with zero attached hydrogens (tertiary/aromatic N) is 1. The highest BCUT2D eigenvalue weighted by Gasteiger charge is 2.36. The molecule has 0 bridgehead atoms. The second kappa shape index (κ2) is 6.06. The number of phenolic OH excluding ortho intramolecular Hbond substituents is 1. The lowest BCUT2D eigenvalue weighted by Crippen LogP contribution is -2.35. The van der Waals surface area contributed by atoms with Crippen molar-refractivity contribution in [3.05, 3.63) is 28.8 Å². The molecule has 2 unspecified atom stereocenters. The zero-order chi connectivity index (χ0) is 15.7. The smallest absolute Gasteiger partial charge is 0.317 e. The van der Waals surface area contributed by atoms with Gasteiger partial charge in [-0.15, -0.1) is 0 Å². The van der Waals surface area contributed by atoms with Crippen LogP contribution in [0.1, 0.15) is 55.8 Å². The minimum atomic E-state index is -0.816. The molecule has 2 atom stereocenters. The van der Waals surface area contributed by atoms with E-state index in [4.69, 9.17) is 0 Å². The predicted octanol–water partition coefficient (Wildman–Crippen LogP) is 3.29. The summed E-state index contributed by atoms with van der Waals surface area (Å²) in [5, 5.41) is 19.5. The molecule has 0 fully saturated rings. The molecule has 21 heavy (non-hydrogen) atoms. The number of hydrogen-bond acceptors (Lipinski definition) is 3. The Morgan fingerprint density at radius 3 is 2.62 bits per heavy atom. The Morgan fingerprint density at radius 2 is 2.05 bits per heavy atom. The van der Waals surface area contributed by atoms with Gasteiger partial charge in [-0.25, -0.2) is 0 Å². The van der Waals surface area contributed by atoms with Crippen LogP contribution in [-0.4, -0.2) is 34.2 Å². The van der Waals surface area contributed by atoms with Crippen LogP contribution in [-0.2, 0) is 4.79 Å². The summed E-state index contributed by atoms with van der Waals surface area (Å²) < 4.78 is 0. The first-order valence-corrected chi connectivity index (χ1v) is 7.59. The van der Waals surface area contributed by atoms with E-state index >= 15 is 0 Å². The fourth-order valence-electron chi connectivity index (χ4n) is 3.59. The third-order valence-corrected chi connectivity index (χ3v) is 4.26. The quantitative estimate of drug-likeness (QED) is 0.874. The van der Waals surface area contributed by atoms with E-state index in [1.807, 2.05) is 11.0 Å². The maximum Gasteiger partial charge on any atom is 0.317 e. The van der Waals surface area contributed by atoms with Crippen LogP contribution in [0.4, 0.5) is 0 Å². The average molecular weight is 291 g/mol. The van der Waals surface area contributed by atoms with Crippen molar-refractivity contribution >= 4 is 5.97 Å². The number of hydrogen-bond donors (Lipinski definition) is 2. The summed E-state index contributed by atoms with van der Waals surface area (Å²) in [7, 11) is 0. The highest BCUT2D eigenvalue weighted by atomic mass is 16.4. The van der Waals surface area contributed by atoms with E-state index in [1.165, 1.54) is 11.1 Å². The SMILES string of the molecule is Cc1ccc(O)c2c1C(C)CC2N(CC(=O)O)CC(C)C. The fourth-order valence-corrected chi connectivity index (χ4v) is 3.59. The van der Waals surface area contributed by atoms with Gasteiger partial charge in [0, 0.05) is 18.2 Å². The zero-order valence-electron chi connectivity index (χ0n) is 13.3. The van der Waals surface area contributed by atoms with Crippen molar-refractivity contribution in [1.29, 1.82) is 0 Å². The number of carboxylic acids is 1. The van der Waals surface area contributed by atoms with Gasteiger partial charge in [-0.1, -0.05) is 26.8 Å². The molecule has 0 saturated heterocycles. The van der Waals surface area contributed by atoms with Crippen LogP contribution >= 0.6 is 0 Å². The van der Waals surface area contributed by atoms with Gasteiger partial charge in [0.25, 0.3) is 0 Å². The molecule has 1 aromatic rings. The molecule has 0 radical (unpaired) electrons. The van der Waals surface area contributed by atoms with E-state index < -0.39 is 5.97 Å². The molecule has 4 heteroatoms. The summed E-state index contributed by atoms with van der Waals surface area (Å²) in [5.41, 5.74) is 3.31. The van der Waals surface area contributed by atoms with Gasteiger partial charge in [-0.3, -0.25) is 9.69 Å². The van der Waals surface area contributed by atoms with E-state index in [1.54, 1.807) is 6.07 Å². The lowest BCUT2D eigenvalue weighted by molar-refractivity contribution is -0.139. The largest absolute Gasteiger partial charge is 0.508 e. The number of rotatable bonds is 5. The van der Waals surface area contributed by atoms with Gasteiger partial charge in [0.05, 0.1) is 6.54 Å². The zero-order valence-corrected chi connectivity index (χ0v) is 13.3. The normalized spacial score (nSPS) is 21.0. The number of carboxylic acid groups (broad SMARTS) is 1. The van der Waals surface area contributed by atoms with Crippen LogP contribution in [0.25, 0.3) is 0 Å². The monoisotopic (exact) mass is 291 g/mol. The van der Waals surface area contributed by atoms with Gasteiger partial charge in [-0.05, 0) is 42.4 Å². The number of carbonyl (C=O) groups is 1. The second-order valence-corrected chi connectivity index (χ2v) is 6.60. The average Bonchev–Trinajstić information content (AvgIpc) is 2.71. The van der Waals surface area contributed by atoms with Crippen molar-refractivity contribution in [3.63, 3.8) is 0 Å². The first-order valence-electron chi connectivity index (χ1n) is 7.59. The number of aryl methyl sites for hydroxylation is 1. The Kier molecular flexibility index (Phi) is 4.57. The summed E-state index contributed by atoms with van der Waals surface area (Å²) in [6.07, 6.45) is 0.869. The molecule has 0 aliphatic heterocycles. The number of phenols is 1. The molecule has 0 saturated carbocycles. The van der Waals surface area contributed by atoms with Crippen LogP contribution in [0.3, 0.4) is 0 Å². The Balaban J connectivity index is 2.41. The number of benzene rings is 1. The van der Waals surface area contributed by atoms with Crippen LogP contribution in [0, 0.1) is 12.8 Å². The highest BCUT2D eigenvalue weighted by molar-refractivity contribution is 5.69. The van der Waals surface area contributed by atoms with Gasteiger partial charge < -0.3 is 10.2 Å². The number of fused-ring (bicyclic) bond motifs is 1. The van der Waals surface area contributed by atoms with Gasteiger partial charge in [0.15, 0.2) is 0 Å². The Labute approximate surface area is 126 Å². The molecular weight excluding hydrogens is 266 g/mol.